The van der Waals surface area contributed by atoms with Gasteiger partial charge in [-0.2, -0.15) is 5.10 Å². The summed E-state index contributed by atoms with van der Waals surface area (Å²) in [7, 11) is 0. The van der Waals surface area contributed by atoms with Crippen LogP contribution in [0.25, 0.3) is 0 Å². The maximum Gasteiger partial charge on any atom is 0.303 e. The molecule has 1 heterocycles. The second-order valence-corrected chi connectivity index (χ2v) is 6.68. The molecule has 2 aromatic rings. The third-order valence-corrected chi connectivity index (χ3v) is 4.57. The van der Waals surface area contributed by atoms with Crippen molar-refractivity contribution >= 4 is 17.6 Å². The fourth-order valence-electron chi connectivity index (χ4n) is 3.04. The highest BCUT2D eigenvalue weighted by atomic mass is 16.4. The van der Waals surface area contributed by atoms with Crippen molar-refractivity contribution in [2.75, 3.05) is 0 Å². The predicted molar refractivity (Wildman–Crippen MR) is 100.0 cm³/mol. The quantitative estimate of drug-likeness (QED) is 0.890. The highest BCUT2D eigenvalue weighted by Gasteiger charge is 2.32. The molecule has 134 valence electrons. The lowest BCUT2D eigenvalue weighted by Crippen LogP contribution is -2.27. The molecule has 5 heteroatoms. The third kappa shape index (κ3) is 3.99. The summed E-state index contributed by atoms with van der Waals surface area (Å²) in [6.07, 6.45) is 0.374. The van der Waals surface area contributed by atoms with Gasteiger partial charge < -0.3 is 5.11 Å². The van der Waals surface area contributed by atoms with E-state index in [1.165, 1.54) is 5.01 Å². The summed E-state index contributed by atoms with van der Waals surface area (Å²) in [5, 5.41) is 14.9. The predicted octanol–water partition coefficient (Wildman–Crippen LogP) is 3.85. The summed E-state index contributed by atoms with van der Waals surface area (Å²) in [6, 6.07) is 15.9. The summed E-state index contributed by atoms with van der Waals surface area (Å²) in [6.45, 7) is 4.04. The molecule has 5 nitrogen and oxygen atoms in total. The Balaban J connectivity index is 1.89. The van der Waals surface area contributed by atoms with E-state index < -0.39 is 5.97 Å². The number of carbonyl (C=O) groups excluding carboxylic acids is 1. The van der Waals surface area contributed by atoms with E-state index in [9.17, 15) is 9.59 Å². The lowest BCUT2D eigenvalue weighted by atomic mass is 9.97. The molecule has 0 aliphatic carbocycles. The number of aliphatic carboxylic acids is 1. The highest BCUT2D eigenvalue weighted by molar-refractivity contribution is 6.03. The van der Waals surface area contributed by atoms with Gasteiger partial charge in [-0.1, -0.05) is 59.7 Å². The zero-order valence-electron chi connectivity index (χ0n) is 15.0. The summed E-state index contributed by atoms with van der Waals surface area (Å²) >= 11 is 0. The van der Waals surface area contributed by atoms with Crippen molar-refractivity contribution in [3.8, 4) is 0 Å². The summed E-state index contributed by atoms with van der Waals surface area (Å²) < 4.78 is 0. The molecule has 0 radical (unpaired) electrons. The van der Waals surface area contributed by atoms with Crippen LogP contribution in [-0.2, 0) is 9.59 Å². The highest BCUT2D eigenvalue weighted by Crippen LogP contribution is 2.33. The number of hydrazone groups is 1. The van der Waals surface area contributed by atoms with E-state index >= 15 is 0 Å². The third-order valence-electron chi connectivity index (χ3n) is 4.57. The second kappa shape index (κ2) is 7.52. The molecule has 26 heavy (non-hydrogen) atoms. The Bertz CT molecular complexity index is 839. The van der Waals surface area contributed by atoms with Crippen molar-refractivity contribution in [2.45, 2.75) is 39.2 Å². The molecule has 3 rings (SSSR count). The Labute approximate surface area is 153 Å². The number of carboxylic acids is 1. The van der Waals surface area contributed by atoms with Crippen LogP contribution in [0.1, 0.15) is 47.6 Å². The van der Waals surface area contributed by atoms with Crippen molar-refractivity contribution in [1.82, 2.24) is 5.01 Å². The fraction of sp³-hybridized carbons (Fsp3) is 0.286. The normalized spacial score (nSPS) is 16.5. The molecule has 1 atom stereocenters. The van der Waals surface area contributed by atoms with Crippen molar-refractivity contribution in [2.24, 2.45) is 5.10 Å². The largest absolute Gasteiger partial charge is 0.481 e. The van der Waals surface area contributed by atoms with Crippen LogP contribution < -0.4 is 0 Å². The van der Waals surface area contributed by atoms with Gasteiger partial charge in [-0.05, 0) is 25.0 Å². The number of amides is 1. The Morgan fingerprint density at radius 1 is 1.00 bits per heavy atom. The molecule has 0 fully saturated rings. The van der Waals surface area contributed by atoms with Crippen LogP contribution in [0, 0.1) is 13.8 Å². The standard InChI is InChI=1S/C21H22N2O3/c1-14-3-7-16(8-4-14)18-13-19(17-9-5-15(2)6-10-17)23(22-18)20(24)11-12-21(25)26/h3-10,19H,11-13H2,1-2H3,(H,25,26)/t19-/m0/s1. The average Bonchev–Trinajstić information content (AvgIpc) is 3.06. The molecule has 2 aromatic carbocycles. The maximum absolute atomic E-state index is 12.6. The van der Waals surface area contributed by atoms with Gasteiger partial charge in [0.1, 0.15) is 0 Å². The van der Waals surface area contributed by atoms with Crippen LogP contribution in [0.3, 0.4) is 0 Å². The van der Waals surface area contributed by atoms with Gasteiger partial charge in [-0.3, -0.25) is 9.59 Å². The average molecular weight is 350 g/mol. The molecule has 1 aliphatic rings. The van der Waals surface area contributed by atoms with E-state index in [-0.39, 0.29) is 24.8 Å². The van der Waals surface area contributed by atoms with E-state index in [0.717, 1.165) is 28.0 Å². The monoisotopic (exact) mass is 350 g/mol. The minimum atomic E-state index is -0.979. The number of rotatable bonds is 5. The van der Waals surface area contributed by atoms with Crippen LogP contribution in [0.15, 0.2) is 53.6 Å². The minimum Gasteiger partial charge on any atom is -0.481 e. The zero-order chi connectivity index (χ0) is 18.7. The number of benzene rings is 2. The van der Waals surface area contributed by atoms with Gasteiger partial charge in [-0.25, -0.2) is 5.01 Å². The van der Waals surface area contributed by atoms with E-state index in [0.29, 0.717) is 6.42 Å². The minimum absolute atomic E-state index is 0.0532. The summed E-state index contributed by atoms with van der Waals surface area (Å²) in [5.41, 5.74) is 5.15. The number of aryl methyl sites for hydroxylation is 2. The maximum atomic E-state index is 12.6. The molecule has 1 N–H and O–H groups in total. The van der Waals surface area contributed by atoms with Gasteiger partial charge in [0.05, 0.1) is 18.2 Å². The van der Waals surface area contributed by atoms with Crippen molar-refractivity contribution in [3.63, 3.8) is 0 Å². The van der Waals surface area contributed by atoms with Gasteiger partial charge in [0.15, 0.2) is 0 Å². The number of carboxylic acid groups (broad SMARTS) is 1. The molecule has 1 aliphatic heterocycles. The first-order chi connectivity index (χ1) is 12.4. The van der Waals surface area contributed by atoms with Gasteiger partial charge in [0.2, 0.25) is 5.91 Å². The number of carbonyl (C=O) groups is 2. The Kier molecular flexibility index (Phi) is 5.16. The molecular formula is C21H22N2O3. The number of hydrogen-bond donors (Lipinski definition) is 1. The Morgan fingerprint density at radius 3 is 2.15 bits per heavy atom. The summed E-state index contributed by atoms with van der Waals surface area (Å²) in [5.74, 6) is -1.24. The van der Waals surface area contributed by atoms with Crippen LogP contribution in [0.2, 0.25) is 0 Å². The number of hydrogen-bond acceptors (Lipinski definition) is 3. The van der Waals surface area contributed by atoms with E-state index in [1.807, 2.05) is 62.4 Å². The van der Waals surface area contributed by atoms with Crippen molar-refractivity contribution in [3.05, 3.63) is 70.8 Å². The van der Waals surface area contributed by atoms with Gasteiger partial charge in [-0.15, -0.1) is 0 Å². The number of nitrogens with zero attached hydrogens (tertiary/aromatic N) is 2. The van der Waals surface area contributed by atoms with Crippen LogP contribution in [-0.4, -0.2) is 27.7 Å². The van der Waals surface area contributed by atoms with Crippen molar-refractivity contribution in [1.29, 1.82) is 0 Å². The van der Waals surface area contributed by atoms with Crippen molar-refractivity contribution < 1.29 is 14.7 Å². The molecule has 0 spiro atoms. The molecule has 0 saturated carbocycles. The summed E-state index contributed by atoms with van der Waals surface area (Å²) in [4.78, 5) is 23.4. The smallest absolute Gasteiger partial charge is 0.303 e. The first-order valence-electron chi connectivity index (χ1n) is 8.69. The Hall–Kier alpha value is -2.95. The lowest BCUT2D eigenvalue weighted by molar-refractivity contribution is -0.141. The first-order valence-corrected chi connectivity index (χ1v) is 8.69. The van der Waals surface area contributed by atoms with Crippen LogP contribution >= 0.6 is 0 Å². The molecule has 0 unspecified atom stereocenters. The van der Waals surface area contributed by atoms with Crippen LogP contribution in [0.4, 0.5) is 0 Å². The van der Waals surface area contributed by atoms with E-state index in [4.69, 9.17) is 5.11 Å². The molecule has 0 saturated heterocycles. The lowest BCUT2D eigenvalue weighted by Gasteiger charge is -2.22. The molecule has 0 aromatic heterocycles. The Morgan fingerprint density at radius 2 is 1.58 bits per heavy atom. The molecular weight excluding hydrogens is 328 g/mol. The van der Waals surface area contributed by atoms with Crippen LogP contribution in [0.5, 0.6) is 0 Å². The zero-order valence-corrected chi connectivity index (χ0v) is 15.0. The molecule has 0 bridgehead atoms. The van der Waals surface area contributed by atoms with Gasteiger partial charge >= 0.3 is 5.97 Å². The SMILES string of the molecule is Cc1ccc(C2=NN(C(=O)CCC(=O)O)[C@H](c3ccc(C)cc3)C2)cc1. The van der Waals surface area contributed by atoms with Gasteiger partial charge in [0, 0.05) is 12.8 Å². The van der Waals surface area contributed by atoms with E-state index in [2.05, 4.69) is 5.10 Å². The van der Waals surface area contributed by atoms with E-state index in [1.54, 1.807) is 0 Å². The topological polar surface area (TPSA) is 70.0 Å². The van der Waals surface area contributed by atoms with Gasteiger partial charge in [0.25, 0.3) is 0 Å². The molecule has 1 amide bonds. The second-order valence-electron chi connectivity index (χ2n) is 6.68. The first kappa shape index (κ1) is 17.9. The fourth-order valence-corrected chi connectivity index (χ4v) is 3.04.